The molecule has 236 valence electrons. The first-order valence-corrected chi connectivity index (χ1v) is 13.4. The average Bonchev–Trinajstić information content (AvgIpc) is 2.95. The molecule has 0 fully saturated rings. The minimum atomic E-state index is -0.877. The number of carbonyl (C=O) groups is 2. The molecule has 14 nitrogen and oxygen atoms in total. The molecule has 0 rings (SSSR count). The van der Waals surface area contributed by atoms with E-state index in [-0.39, 0.29) is 19.6 Å². The number of aliphatic carboxylic acids is 1. The highest BCUT2D eigenvalue weighted by Gasteiger charge is 1.98. The van der Waals surface area contributed by atoms with Gasteiger partial charge < -0.3 is 57.2 Å². The molecule has 0 aromatic heterocycles. The van der Waals surface area contributed by atoms with Crippen LogP contribution < -0.4 is 0 Å². The van der Waals surface area contributed by atoms with Gasteiger partial charge in [0.05, 0.1) is 139 Å². The molecule has 0 heterocycles. The Hall–Kier alpha value is -1.72. The van der Waals surface area contributed by atoms with E-state index in [0.29, 0.717) is 126 Å². The van der Waals surface area contributed by atoms with Gasteiger partial charge in [-0.25, -0.2) is 4.79 Å². The lowest BCUT2D eigenvalue weighted by Crippen LogP contribution is -2.15. The Morgan fingerprint density at radius 3 is 0.875 bits per heavy atom. The third-order valence-electron chi connectivity index (χ3n) is 4.45. The van der Waals surface area contributed by atoms with E-state index in [9.17, 15) is 9.59 Å². The van der Waals surface area contributed by atoms with Gasteiger partial charge in [0.25, 0.3) is 0 Å². The van der Waals surface area contributed by atoms with Crippen molar-refractivity contribution in [1.82, 2.24) is 0 Å². The fourth-order valence-electron chi connectivity index (χ4n) is 2.50. The molecule has 1 N–H and O–H groups in total. The Bertz CT molecular complexity index is 564. The van der Waals surface area contributed by atoms with Crippen LogP contribution in [0.3, 0.4) is 0 Å². The second-order valence-electron chi connectivity index (χ2n) is 7.64. The molecule has 0 amide bonds. The highest BCUT2D eigenvalue weighted by atomic mass is 16.6. The van der Waals surface area contributed by atoms with Gasteiger partial charge in [0, 0.05) is 6.08 Å². The van der Waals surface area contributed by atoms with Gasteiger partial charge in [0.15, 0.2) is 0 Å². The van der Waals surface area contributed by atoms with Crippen molar-refractivity contribution >= 4 is 11.9 Å². The van der Waals surface area contributed by atoms with Crippen molar-refractivity contribution < 1.29 is 66.8 Å². The van der Waals surface area contributed by atoms with E-state index >= 15 is 0 Å². The van der Waals surface area contributed by atoms with E-state index < -0.39 is 11.9 Å². The molecule has 0 aromatic rings. The minimum Gasteiger partial charge on any atom is -0.481 e. The second kappa shape index (κ2) is 33.5. The molecule has 0 aromatic carbocycles. The molecule has 0 spiro atoms. The Morgan fingerprint density at radius 2 is 0.650 bits per heavy atom. The molecule has 0 radical (unpaired) electrons. The number of hydrogen-bond donors (Lipinski definition) is 1. The molecule has 0 aliphatic heterocycles. The zero-order valence-corrected chi connectivity index (χ0v) is 23.6. The first-order chi connectivity index (χ1) is 19.7. The second-order valence-corrected chi connectivity index (χ2v) is 7.64. The van der Waals surface area contributed by atoms with Gasteiger partial charge in [0.2, 0.25) is 0 Å². The molecule has 0 bridgehead atoms. The SMILES string of the molecule is C=CC(=O)OCCOCCOCCOCCOCCOCCOCCOCCOCCOCCOCCC(=O)O. The lowest BCUT2D eigenvalue weighted by molar-refractivity contribution is -0.140. The van der Waals surface area contributed by atoms with Crippen molar-refractivity contribution in [2.45, 2.75) is 6.42 Å². The van der Waals surface area contributed by atoms with Crippen molar-refractivity contribution in [3.63, 3.8) is 0 Å². The molecular weight excluding hydrogens is 536 g/mol. The minimum absolute atomic E-state index is 0.00521. The standard InChI is InChI=1S/C26H48O14/c1-2-26(29)40-24-23-39-22-21-38-20-19-37-18-17-36-16-15-35-14-13-34-12-11-33-10-9-32-8-7-31-6-5-30-4-3-25(27)28/h2H,1,3-24H2,(H,27,28). The maximum atomic E-state index is 10.8. The van der Waals surface area contributed by atoms with Gasteiger partial charge >= 0.3 is 11.9 Å². The zero-order valence-electron chi connectivity index (χ0n) is 23.6. The van der Waals surface area contributed by atoms with E-state index in [1.54, 1.807) is 0 Å². The van der Waals surface area contributed by atoms with Gasteiger partial charge in [-0.05, 0) is 0 Å². The lowest BCUT2D eigenvalue weighted by Gasteiger charge is -2.09. The van der Waals surface area contributed by atoms with Gasteiger partial charge in [0.1, 0.15) is 6.61 Å². The highest BCUT2D eigenvalue weighted by molar-refractivity contribution is 5.81. The summed E-state index contributed by atoms with van der Waals surface area (Å²) in [4.78, 5) is 21.1. The zero-order chi connectivity index (χ0) is 29.2. The summed E-state index contributed by atoms with van der Waals surface area (Å²) in [5, 5.41) is 8.47. The first-order valence-electron chi connectivity index (χ1n) is 13.4. The van der Waals surface area contributed by atoms with Crippen LogP contribution in [0.2, 0.25) is 0 Å². The predicted octanol–water partition coefficient (Wildman–Crippen LogP) is 0.356. The smallest absolute Gasteiger partial charge is 0.330 e. The lowest BCUT2D eigenvalue weighted by atomic mass is 10.5. The van der Waals surface area contributed by atoms with Gasteiger partial charge in [-0.3, -0.25) is 4.79 Å². The number of ether oxygens (including phenoxy) is 11. The fraction of sp³-hybridized carbons (Fsp3) is 0.846. The molecule has 0 aliphatic carbocycles. The fourth-order valence-corrected chi connectivity index (χ4v) is 2.50. The van der Waals surface area contributed by atoms with Gasteiger partial charge in [-0.1, -0.05) is 6.58 Å². The number of hydrogen-bond acceptors (Lipinski definition) is 13. The van der Waals surface area contributed by atoms with Crippen LogP contribution >= 0.6 is 0 Å². The summed E-state index contributed by atoms with van der Waals surface area (Å²) < 4.78 is 58.3. The summed E-state index contributed by atoms with van der Waals surface area (Å²) in [6.07, 6.45) is 1.10. The third kappa shape index (κ3) is 34.3. The average molecular weight is 585 g/mol. The Balaban J connectivity index is 3.05. The van der Waals surface area contributed by atoms with Gasteiger partial charge in [-0.2, -0.15) is 0 Å². The summed E-state index contributed by atoms with van der Waals surface area (Å²) in [7, 11) is 0. The summed E-state index contributed by atoms with van der Waals surface area (Å²) in [6.45, 7) is 12.2. The molecule has 0 saturated carbocycles. The van der Waals surface area contributed by atoms with Crippen LogP contribution in [0.5, 0.6) is 0 Å². The number of esters is 1. The third-order valence-corrected chi connectivity index (χ3v) is 4.45. The molecule has 0 atom stereocenters. The van der Waals surface area contributed by atoms with Crippen molar-refractivity contribution in [2.75, 3.05) is 139 Å². The number of carbonyl (C=O) groups excluding carboxylic acids is 1. The topological polar surface area (TPSA) is 156 Å². The molecule has 0 aliphatic rings. The quantitative estimate of drug-likeness (QED) is 0.0628. The van der Waals surface area contributed by atoms with E-state index in [1.165, 1.54) is 0 Å². The number of rotatable bonds is 34. The van der Waals surface area contributed by atoms with Crippen molar-refractivity contribution in [3.05, 3.63) is 12.7 Å². The largest absolute Gasteiger partial charge is 0.481 e. The van der Waals surface area contributed by atoms with Crippen LogP contribution in [-0.4, -0.2) is 156 Å². The normalized spacial score (nSPS) is 11.1. The Morgan fingerprint density at radius 1 is 0.425 bits per heavy atom. The maximum Gasteiger partial charge on any atom is 0.330 e. The van der Waals surface area contributed by atoms with E-state index in [2.05, 4.69) is 6.58 Å². The maximum absolute atomic E-state index is 10.8. The van der Waals surface area contributed by atoms with Crippen LogP contribution in [-0.2, 0) is 61.7 Å². The van der Waals surface area contributed by atoms with E-state index in [1.807, 2.05) is 0 Å². The summed E-state index contributed by atoms with van der Waals surface area (Å²) in [6, 6.07) is 0. The molecular formula is C26H48O14. The molecule has 14 heteroatoms. The molecule has 0 saturated heterocycles. The van der Waals surface area contributed by atoms with Crippen molar-refractivity contribution in [3.8, 4) is 0 Å². The van der Waals surface area contributed by atoms with E-state index in [4.69, 9.17) is 57.2 Å². The number of carboxylic acids is 1. The molecule has 40 heavy (non-hydrogen) atoms. The summed E-state index contributed by atoms with van der Waals surface area (Å²) in [5.41, 5.74) is 0. The van der Waals surface area contributed by atoms with Crippen LogP contribution in [0.25, 0.3) is 0 Å². The Labute approximate surface area is 237 Å². The van der Waals surface area contributed by atoms with E-state index in [0.717, 1.165) is 6.08 Å². The number of carboxylic acid groups (broad SMARTS) is 1. The van der Waals surface area contributed by atoms with Crippen LogP contribution in [0.15, 0.2) is 12.7 Å². The van der Waals surface area contributed by atoms with Crippen LogP contribution in [0.1, 0.15) is 6.42 Å². The van der Waals surface area contributed by atoms with Crippen molar-refractivity contribution in [1.29, 1.82) is 0 Å². The highest BCUT2D eigenvalue weighted by Crippen LogP contribution is 1.88. The molecule has 0 unspecified atom stereocenters. The monoisotopic (exact) mass is 584 g/mol. The summed E-state index contributed by atoms with van der Waals surface area (Å²) >= 11 is 0. The predicted molar refractivity (Wildman–Crippen MR) is 142 cm³/mol. The van der Waals surface area contributed by atoms with Crippen LogP contribution in [0, 0.1) is 0 Å². The Kier molecular flexibility index (Phi) is 32.0. The van der Waals surface area contributed by atoms with Crippen molar-refractivity contribution in [2.24, 2.45) is 0 Å². The van der Waals surface area contributed by atoms with Gasteiger partial charge in [-0.15, -0.1) is 0 Å². The van der Waals surface area contributed by atoms with Crippen LogP contribution in [0.4, 0.5) is 0 Å². The first kappa shape index (κ1) is 38.3. The summed E-state index contributed by atoms with van der Waals surface area (Å²) in [5.74, 6) is -1.34.